The molecule has 3 nitrogen and oxygen atoms in total. The summed E-state index contributed by atoms with van der Waals surface area (Å²) in [4.78, 5) is 4.53. The largest absolute Gasteiger partial charge is 0.370 e. The molecule has 0 aliphatic carbocycles. The van der Waals surface area contributed by atoms with E-state index in [2.05, 4.69) is 24.2 Å². The van der Waals surface area contributed by atoms with E-state index in [1.54, 1.807) is 0 Å². The Labute approximate surface area is 266 Å². The summed E-state index contributed by atoms with van der Waals surface area (Å²) in [6.07, 6.45) is 48.1. The van der Waals surface area contributed by atoms with Crippen LogP contribution in [0.1, 0.15) is 232 Å². The molecule has 0 amide bonds. The van der Waals surface area contributed by atoms with Gasteiger partial charge in [0.2, 0.25) is 0 Å². The van der Waals surface area contributed by atoms with Crippen LogP contribution in [0.25, 0.3) is 0 Å². The molecule has 0 fully saturated rings. The summed E-state index contributed by atoms with van der Waals surface area (Å²) in [5.41, 5.74) is 6.06. The molecule has 0 aromatic heterocycles. The molecular formula is C39H81N3. The Hall–Kier alpha value is -0.730. The van der Waals surface area contributed by atoms with Crippen LogP contribution in [0.3, 0.4) is 0 Å². The van der Waals surface area contributed by atoms with E-state index in [4.69, 9.17) is 5.73 Å². The first kappa shape index (κ1) is 41.3. The predicted octanol–water partition coefficient (Wildman–Crippen LogP) is 13.2. The molecule has 0 atom stereocenters. The zero-order valence-electron chi connectivity index (χ0n) is 29.5. The molecule has 0 aliphatic rings. The van der Waals surface area contributed by atoms with Gasteiger partial charge in [0.15, 0.2) is 5.96 Å². The standard InChI is InChI=1S/C39H81N3/c1-3-5-7-9-11-13-15-17-19-21-23-25-27-29-31-33-35-37-41-39(40)42-38-36-34-32-30-28-26-24-22-20-18-16-14-12-10-8-6-4-2/h3-38H2,1-2H3,(H3,40,41,42). The van der Waals surface area contributed by atoms with Gasteiger partial charge in [0.05, 0.1) is 0 Å². The zero-order valence-corrected chi connectivity index (χ0v) is 29.5. The molecule has 0 aliphatic heterocycles. The fourth-order valence-electron chi connectivity index (χ4n) is 6.16. The topological polar surface area (TPSA) is 50.4 Å². The van der Waals surface area contributed by atoms with E-state index in [1.165, 1.54) is 218 Å². The van der Waals surface area contributed by atoms with Crippen molar-refractivity contribution in [3.05, 3.63) is 0 Å². The van der Waals surface area contributed by atoms with Crippen LogP contribution in [0, 0.1) is 0 Å². The maximum absolute atomic E-state index is 6.06. The van der Waals surface area contributed by atoms with Gasteiger partial charge in [-0.2, -0.15) is 0 Å². The first-order valence-electron chi connectivity index (χ1n) is 19.8. The number of nitrogens with zero attached hydrogens (tertiary/aromatic N) is 1. The van der Waals surface area contributed by atoms with Gasteiger partial charge in [-0.15, -0.1) is 0 Å². The van der Waals surface area contributed by atoms with Crippen molar-refractivity contribution in [2.24, 2.45) is 10.7 Å². The molecule has 0 heterocycles. The molecule has 0 saturated heterocycles. The van der Waals surface area contributed by atoms with Gasteiger partial charge in [-0.3, -0.25) is 4.99 Å². The monoisotopic (exact) mass is 592 g/mol. The fraction of sp³-hybridized carbons (Fsp3) is 0.974. The summed E-state index contributed by atoms with van der Waals surface area (Å²) in [6, 6.07) is 0. The van der Waals surface area contributed by atoms with Crippen LogP contribution in [-0.2, 0) is 0 Å². The molecule has 0 radical (unpaired) electrons. The molecule has 42 heavy (non-hydrogen) atoms. The number of hydrogen-bond acceptors (Lipinski definition) is 1. The Balaban J connectivity index is 3.20. The maximum Gasteiger partial charge on any atom is 0.188 e. The van der Waals surface area contributed by atoms with Gasteiger partial charge >= 0.3 is 0 Å². The minimum Gasteiger partial charge on any atom is -0.370 e. The molecule has 0 bridgehead atoms. The second kappa shape index (κ2) is 38.3. The smallest absolute Gasteiger partial charge is 0.188 e. The number of unbranched alkanes of at least 4 members (excludes halogenated alkanes) is 32. The van der Waals surface area contributed by atoms with Crippen LogP contribution in [-0.4, -0.2) is 19.0 Å². The molecule has 0 unspecified atom stereocenters. The van der Waals surface area contributed by atoms with Crippen LogP contribution in [0.5, 0.6) is 0 Å². The molecule has 252 valence electrons. The van der Waals surface area contributed by atoms with Gasteiger partial charge in [0.1, 0.15) is 0 Å². The molecule has 3 N–H and O–H groups in total. The number of nitrogens with two attached hydrogens (primary N) is 1. The molecule has 0 aromatic rings. The van der Waals surface area contributed by atoms with Crippen LogP contribution in [0.4, 0.5) is 0 Å². The van der Waals surface area contributed by atoms with Crippen molar-refractivity contribution in [3.8, 4) is 0 Å². The van der Waals surface area contributed by atoms with E-state index in [0.29, 0.717) is 5.96 Å². The summed E-state index contributed by atoms with van der Waals surface area (Å²) in [5, 5.41) is 3.32. The Bertz CT molecular complexity index is 504. The number of rotatable bonds is 36. The minimum absolute atomic E-state index is 0.656. The summed E-state index contributed by atoms with van der Waals surface area (Å²) >= 11 is 0. The summed E-state index contributed by atoms with van der Waals surface area (Å²) in [6.45, 7) is 6.46. The lowest BCUT2D eigenvalue weighted by Crippen LogP contribution is -2.32. The third-order valence-corrected chi connectivity index (χ3v) is 9.13. The molecule has 0 saturated carbocycles. The Morgan fingerprint density at radius 3 is 0.881 bits per heavy atom. The Morgan fingerprint density at radius 2 is 0.595 bits per heavy atom. The van der Waals surface area contributed by atoms with E-state index in [1.807, 2.05) is 0 Å². The van der Waals surface area contributed by atoms with Crippen LogP contribution in [0.2, 0.25) is 0 Å². The van der Waals surface area contributed by atoms with Gasteiger partial charge in [-0.05, 0) is 12.8 Å². The lowest BCUT2D eigenvalue weighted by atomic mass is 10.0. The second-order valence-electron chi connectivity index (χ2n) is 13.5. The van der Waals surface area contributed by atoms with Crippen molar-refractivity contribution >= 4 is 5.96 Å². The fourth-order valence-corrected chi connectivity index (χ4v) is 6.16. The first-order chi connectivity index (χ1) is 20.8. The van der Waals surface area contributed by atoms with E-state index in [-0.39, 0.29) is 0 Å². The quantitative estimate of drug-likeness (QED) is 0.0432. The molecular weight excluding hydrogens is 510 g/mol. The van der Waals surface area contributed by atoms with E-state index < -0.39 is 0 Å². The third kappa shape index (κ3) is 37.3. The lowest BCUT2D eigenvalue weighted by Gasteiger charge is -2.06. The second-order valence-corrected chi connectivity index (χ2v) is 13.5. The van der Waals surface area contributed by atoms with Crippen molar-refractivity contribution in [2.75, 3.05) is 13.1 Å². The van der Waals surface area contributed by atoms with Crippen molar-refractivity contribution in [1.29, 1.82) is 0 Å². The van der Waals surface area contributed by atoms with Gasteiger partial charge in [-0.1, -0.05) is 219 Å². The first-order valence-corrected chi connectivity index (χ1v) is 19.8. The average Bonchev–Trinajstić information content (AvgIpc) is 3.00. The minimum atomic E-state index is 0.656. The SMILES string of the molecule is CCCCCCCCCCCCCCCCCCCN=C(N)NCCCCCCCCCCCCCCCCCCC. The zero-order chi connectivity index (χ0) is 30.4. The highest BCUT2D eigenvalue weighted by atomic mass is 15.1. The van der Waals surface area contributed by atoms with E-state index >= 15 is 0 Å². The molecule has 0 rings (SSSR count). The number of nitrogens with one attached hydrogen (secondary N) is 1. The van der Waals surface area contributed by atoms with Gasteiger partial charge in [0, 0.05) is 13.1 Å². The predicted molar refractivity (Wildman–Crippen MR) is 193 cm³/mol. The Morgan fingerprint density at radius 1 is 0.357 bits per heavy atom. The van der Waals surface area contributed by atoms with E-state index in [9.17, 15) is 0 Å². The van der Waals surface area contributed by atoms with Crippen molar-refractivity contribution in [1.82, 2.24) is 5.32 Å². The third-order valence-electron chi connectivity index (χ3n) is 9.13. The van der Waals surface area contributed by atoms with Gasteiger partial charge in [-0.25, -0.2) is 0 Å². The van der Waals surface area contributed by atoms with Crippen LogP contribution < -0.4 is 11.1 Å². The number of guanidine groups is 1. The normalized spacial score (nSPS) is 11.9. The maximum atomic E-state index is 6.06. The highest BCUT2D eigenvalue weighted by molar-refractivity contribution is 5.77. The van der Waals surface area contributed by atoms with E-state index in [0.717, 1.165) is 13.1 Å². The number of aliphatic imine (C=N–C) groups is 1. The summed E-state index contributed by atoms with van der Waals surface area (Å²) < 4.78 is 0. The highest BCUT2D eigenvalue weighted by Gasteiger charge is 1.97. The van der Waals surface area contributed by atoms with Gasteiger partial charge < -0.3 is 11.1 Å². The number of hydrogen-bond donors (Lipinski definition) is 2. The highest BCUT2D eigenvalue weighted by Crippen LogP contribution is 2.15. The van der Waals surface area contributed by atoms with Crippen LogP contribution in [0.15, 0.2) is 4.99 Å². The summed E-state index contributed by atoms with van der Waals surface area (Å²) in [7, 11) is 0. The molecule has 0 aromatic carbocycles. The van der Waals surface area contributed by atoms with Crippen molar-refractivity contribution in [2.45, 2.75) is 232 Å². The van der Waals surface area contributed by atoms with Crippen molar-refractivity contribution in [3.63, 3.8) is 0 Å². The van der Waals surface area contributed by atoms with Crippen molar-refractivity contribution < 1.29 is 0 Å². The Kier molecular flexibility index (Phi) is 37.6. The summed E-state index contributed by atoms with van der Waals surface area (Å²) in [5.74, 6) is 0.656. The lowest BCUT2D eigenvalue weighted by molar-refractivity contribution is 0.526. The molecule has 3 heteroatoms. The van der Waals surface area contributed by atoms with Gasteiger partial charge in [0.25, 0.3) is 0 Å². The van der Waals surface area contributed by atoms with Crippen LogP contribution >= 0.6 is 0 Å². The molecule has 0 spiro atoms. The average molecular weight is 592 g/mol.